The van der Waals surface area contributed by atoms with Crippen molar-refractivity contribution >= 4 is 72.7 Å². The third kappa shape index (κ3) is 19.8. The van der Waals surface area contributed by atoms with E-state index in [9.17, 15) is 50.5 Å². The maximum absolute atomic E-state index is 13.6. The lowest BCUT2D eigenvalue weighted by atomic mass is 10.1. The lowest BCUT2D eigenvalue weighted by Crippen LogP contribution is -2.49. The summed E-state index contributed by atoms with van der Waals surface area (Å²) in [6.07, 6.45) is 8.93. The highest BCUT2D eigenvalue weighted by Crippen LogP contribution is 2.26. The predicted molar refractivity (Wildman–Crippen MR) is 305 cm³/mol. The van der Waals surface area contributed by atoms with Crippen LogP contribution in [0.25, 0.3) is 10.9 Å². The highest BCUT2D eigenvalue weighted by Gasteiger charge is 2.29. The number of anilines is 2. The molecule has 0 aliphatic rings. The number of aromatic amines is 1. The number of aryl methyl sites for hydroxylation is 3. The number of aromatic nitrogens is 4. The first-order chi connectivity index (χ1) is 38.8. The maximum Gasteiger partial charge on any atom is 0.323 e. The number of fused-ring (bicyclic) bond motifs is 1. The molecule has 3 aromatic heterocycles. The van der Waals surface area contributed by atoms with Crippen LogP contribution in [0.15, 0.2) is 111 Å². The first-order valence-corrected chi connectivity index (χ1v) is 28.5. The van der Waals surface area contributed by atoms with Crippen LogP contribution in [-0.2, 0) is 57.5 Å². The second kappa shape index (κ2) is 31.8. The molecule has 442 valence electrons. The van der Waals surface area contributed by atoms with Gasteiger partial charge < -0.3 is 54.9 Å². The van der Waals surface area contributed by atoms with Crippen molar-refractivity contribution in [3.63, 3.8) is 0 Å². The molecular formula is C54H69N11O15S2. The number of nitrogens with zero attached hydrogens (tertiary/aromatic N) is 4. The smallest absolute Gasteiger partial charge is 0.323 e. The minimum atomic E-state index is -4.45. The fourth-order valence-electron chi connectivity index (χ4n) is 8.00. The second-order valence-electron chi connectivity index (χ2n) is 18.2. The number of hydrazone groups is 1. The largest absolute Gasteiger partial charge is 0.494 e. The molecule has 3 aromatic carbocycles. The Morgan fingerprint density at radius 2 is 1.50 bits per heavy atom. The third-order valence-corrected chi connectivity index (χ3v) is 14.6. The molecule has 28 heteroatoms. The van der Waals surface area contributed by atoms with Crippen LogP contribution in [0.2, 0.25) is 0 Å². The Bertz CT molecular complexity index is 3410. The molecule has 26 nitrogen and oxygen atoms in total. The van der Waals surface area contributed by atoms with Crippen LogP contribution >= 0.6 is 0 Å². The molecule has 1 atom stereocenters. The van der Waals surface area contributed by atoms with Crippen LogP contribution in [0, 0.1) is 13.8 Å². The van der Waals surface area contributed by atoms with Crippen LogP contribution < -0.4 is 41.6 Å². The monoisotopic (exact) mass is 1180 g/mol. The molecule has 1 unspecified atom stereocenters. The Kier molecular flexibility index (Phi) is 25.1. The summed E-state index contributed by atoms with van der Waals surface area (Å²) in [6, 6.07) is 15.2. The van der Waals surface area contributed by atoms with E-state index in [1.54, 1.807) is 54.3 Å². The number of hydrogen-bond donors (Lipinski definition) is 9. The van der Waals surface area contributed by atoms with Gasteiger partial charge in [0.25, 0.3) is 21.9 Å². The number of pyridine rings is 2. The molecule has 0 aliphatic heterocycles. The van der Waals surface area contributed by atoms with Crippen molar-refractivity contribution in [2.45, 2.75) is 69.3 Å². The number of imidazole rings is 1. The van der Waals surface area contributed by atoms with Crippen LogP contribution in [0.5, 0.6) is 5.75 Å². The van der Waals surface area contributed by atoms with Crippen molar-refractivity contribution in [1.82, 2.24) is 40.2 Å². The van der Waals surface area contributed by atoms with Gasteiger partial charge >= 0.3 is 5.97 Å². The molecule has 0 spiro atoms. The summed E-state index contributed by atoms with van der Waals surface area (Å²) in [5, 5.41) is 25.3. The third-order valence-electron chi connectivity index (χ3n) is 11.9. The van der Waals surface area contributed by atoms with Gasteiger partial charge in [-0.2, -0.15) is 18.2 Å². The molecule has 6 aromatic rings. The van der Waals surface area contributed by atoms with E-state index in [0.29, 0.717) is 107 Å². The lowest BCUT2D eigenvalue weighted by Gasteiger charge is -2.19. The minimum Gasteiger partial charge on any atom is -0.494 e. The maximum atomic E-state index is 13.6. The molecule has 82 heavy (non-hydrogen) atoms. The highest BCUT2D eigenvalue weighted by molar-refractivity contribution is 7.89. The topological polar surface area (TPSA) is 362 Å². The van der Waals surface area contributed by atoms with Gasteiger partial charge in [0.1, 0.15) is 28.1 Å². The van der Waals surface area contributed by atoms with Crippen molar-refractivity contribution in [2.24, 2.45) is 12.1 Å². The zero-order valence-corrected chi connectivity index (χ0v) is 46.4. The van der Waals surface area contributed by atoms with Gasteiger partial charge in [-0.1, -0.05) is 31.7 Å². The Labute approximate surface area is 474 Å². The van der Waals surface area contributed by atoms with E-state index in [2.05, 4.69) is 51.5 Å². The summed E-state index contributed by atoms with van der Waals surface area (Å²) in [7, 11) is -7.21. The van der Waals surface area contributed by atoms with Crippen LogP contribution in [0.4, 0.5) is 11.8 Å². The molecule has 0 saturated carbocycles. The number of benzene rings is 3. The van der Waals surface area contributed by atoms with Gasteiger partial charge in [0.05, 0.1) is 55.2 Å². The predicted octanol–water partition coefficient (Wildman–Crippen LogP) is 3.91. The van der Waals surface area contributed by atoms with Crippen LogP contribution in [-0.4, -0.2) is 148 Å². The summed E-state index contributed by atoms with van der Waals surface area (Å²) < 4.78 is 85.9. The number of hydrogen-bond acceptors (Lipinski definition) is 18. The summed E-state index contributed by atoms with van der Waals surface area (Å²) >= 11 is 0. The van der Waals surface area contributed by atoms with E-state index in [1.165, 1.54) is 68.9 Å². The van der Waals surface area contributed by atoms with E-state index in [1.807, 2.05) is 0 Å². The molecule has 6 rings (SSSR count). The minimum absolute atomic E-state index is 0. The van der Waals surface area contributed by atoms with Gasteiger partial charge in [-0.15, -0.1) is 0 Å². The van der Waals surface area contributed by atoms with Gasteiger partial charge in [-0.05, 0) is 92.3 Å². The fourth-order valence-corrected chi connectivity index (χ4v) is 10.3. The molecule has 3 amide bonds. The number of H-pyrrole nitrogens is 1. The molecule has 9 N–H and O–H groups in total. The number of carbonyl (C=O) groups is 4. The molecule has 0 saturated heterocycles. The zero-order valence-electron chi connectivity index (χ0n) is 44.7. The van der Waals surface area contributed by atoms with Gasteiger partial charge in [0.15, 0.2) is 5.95 Å². The molecule has 0 fully saturated rings. The number of aliphatic carboxylic acids is 1. The molecular weight excluding hydrogens is 1110 g/mol. The first-order valence-electron chi connectivity index (χ1n) is 25.5. The molecule has 0 bridgehead atoms. The summed E-state index contributed by atoms with van der Waals surface area (Å²) in [6.45, 7) is 6.01. The average Bonchev–Trinajstić information content (AvgIpc) is 4.07. The number of carbonyl (C=O) groups excluding carboxylic acids is 3. The quantitative estimate of drug-likeness (QED) is 0.0120. The fraction of sp³-hybridized carbons (Fsp3) is 0.370. The van der Waals surface area contributed by atoms with E-state index in [-0.39, 0.29) is 69.7 Å². The summed E-state index contributed by atoms with van der Waals surface area (Å²) in [4.78, 5) is 74.5. The normalized spacial score (nSPS) is 11.9. The number of nitrogens with one attached hydrogen (secondary N) is 7. The Hall–Kier alpha value is -8.12. The SMILES string of the molecule is C.Cc1cc(OCCCC(=O)NCCCOCCOCCOCCCNC(=O)c2ccc(N/N=C/c3ccccc3S(=O)(=O)O)nc2)cc(C)c1S(=O)(=O)NC(CNC(=O)c1cn(C)c2cc(CNc3ncc[nH]3)ccc2c1=O)C(=O)O. The number of rotatable bonds is 34. The van der Waals surface area contributed by atoms with Gasteiger partial charge in [0.2, 0.25) is 21.4 Å². The van der Waals surface area contributed by atoms with Crippen molar-refractivity contribution in [2.75, 3.05) is 76.6 Å². The second-order valence-corrected chi connectivity index (χ2v) is 21.2. The average molecular weight is 1180 g/mol. The van der Waals surface area contributed by atoms with Crippen molar-refractivity contribution < 1.29 is 64.6 Å². The van der Waals surface area contributed by atoms with Crippen molar-refractivity contribution in [3.8, 4) is 5.75 Å². The number of carboxylic acids is 1. The van der Waals surface area contributed by atoms with Gasteiger partial charge in [0, 0.05) is 88.6 Å². The van der Waals surface area contributed by atoms with E-state index in [4.69, 9.17) is 18.9 Å². The van der Waals surface area contributed by atoms with Crippen LogP contribution in [0.1, 0.15) is 76.1 Å². The van der Waals surface area contributed by atoms with E-state index in [0.717, 1.165) is 5.56 Å². The highest BCUT2D eigenvalue weighted by atomic mass is 32.2. The van der Waals surface area contributed by atoms with Crippen molar-refractivity contribution in [3.05, 3.63) is 135 Å². The van der Waals surface area contributed by atoms with Gasteiger partial charge in [-0.25, -0.2) is 18.4 Å². The Morgan fingerprint density at radius 3 is 2.15 bits per heavy atom. The standard InChI is InChI=1S/C53H65N11O15S2.CH4/c1-35-27-40(28-36(2)49(35)80(71,72)63-43(52(69)70)33-59-51(68)42-34-64(3)44-29-37(12-14-41(44)48(42)66)30-60-53-56-18-19-57-53)79-22-6-11-47(65)54-16-7-20-76-23-25-78-26-24-77-21-8-17-55-50(67)39-13-15-46(58-31-39)62-61-32-38-9-4-5-10-45(38)81(73,74)75;/h4-5,9-10,12-15,18-19,27-29,31-32,34,43,63H,6-8,11,16-17,20-26,30,33H2,1-3H3,(H,54,65)(H,55,67)(H,58,62)(H,59,68)(H,69,70)(H2,56,57,60)(H,73,74,75);1H4/b61-32+;. The van der Waals surface area contributed by atoms with E-state index >= 15 is 0 Å². The number of ether oxygens (including phenoxy) is 4. The first kappa shape index (κ1) is 64.7. The Morgan fingerprint density at radius 1 is 0.817 bits per heavy atom. The number of amides is 3. The summed E-state index contributed by atoms with van der Waals surface area (Å²) in [5.74, 6) is -1.69. The Balaban J connectivity index is 0.0000123. The number of carboxylic acid groups (broad SMARTS) is 1. The van der Waals surface area contributed by atoms with E-state index < -0.39 is 50.0 Å². The molecule has 0 radical (unpaired) electrons. The van der Waals surface area contributed by atoms with Crippen molar-refractivity contribution in [1.29, 1.82) is 0 Å². The zero-order chi connectivity index (χ0) is 58.4. The lowest BCUT2D eigenvalue weighted by molar-refractivity contribution is -0.138. The number of sulfonamides is 1. The summed E-state index contributed by atoms with van der Waals surface area (Å²) in [5.41, 5.74) is 4.26. The molecule has 3 heterocycles. The van der Waals surface area contributed by atoms with Crippen LogP contribution in [0.3, 0.4) is 0 Å². The van der Waals surface area contributed by atoms with Gasteiger partial charge in [-0.3, -0.25) is 34.0 Å². The molecule has 0 aliphatic carbocycles.